The van der Waals surface area contributed by atoms with Crippen LogP contribution in [0.4, 0.5) is 5.69 Å². The van der Waals surface area contributed by atoms with Gasteiger partial charge in [0.05, 0.1) is 17.7 Å². The number of rotatable bonds is 12. The summed E-state index contributed by atoms with van der Waals surface area (Å²) in [6.07, 6.45) is 0.246. The molecular weight excluding hydrogens is 630 g/mol. The Kier molecular flexibility index (Phi) is 10.6. The van der Waals surface area contributed by atoms with Crippen LogP contribution >= 0.6 is 15.9 Å². The number of sulfonamides is 1. The number of ether oxygens (including phenoxy) is 1. The molecule has 0 bridgehead atoms. The fraction of sp³-hybridized carbons (Fsp3) is 0.212. The number of carbonyl (C=O) groups is 2. The number of carbonyl (C=O) groups excluding carboxylic acids is 2. The molecule has 0 radical (unpaired) electrons. The van der Waals surface area contributed by atoms with Gasteiger partial charge in [-0.05, 0) is 66.6 Å². The highest BCUT2D eigenvalue weighted by atomic mass is 79.9. The topological polar surface area (TPSA) is 96.0 Å². The van der Waals surface area contributed by atoms with Gasteiger partial charge in [0.15, 0.2) is 0 Å². The molecule has 0 aliphatic carbocycles. The minimum Gasteiger partial charge on any atom is -0.497 e. The lowest BCUT2D eigenvalue weighted by Gasteiger charge is -2.33. The van der Waals surface area contributed by atoms with E-state index in [2.05, 4.69) is 21.2 Å². The highest BCUT2D eigenvalue weighted by Crippen LogP contribution is 2.27. The number of aryl methyl sites for hydroxylation is 1. The first-order valence-electron chi connectivity index (χ1n) is 13.6. The fourth-order valence-corrected chi connectivity index (χ4v) is 6.30. The van der Waals surface area contributed by atoms with Crippen molar-refractivity contribution in [2.45, 2.75) is 30.8 Å². The van der Waals surface area contributed by atoms with E-state index in [9.17, 15) is 18.0 Å². The van der Waals surface area contributed by atoms with Gasteiger partial charge in [0.2, 0.25) is 11.8 Å². The highest BCUT2D eigenvalue weighted by Gasteiger charge is 2.34. The number of amides is 2. The summed E-state index contributed by atoms with van der Waals surface area (Å²) in [6.45, 7) is 1.44. The Bertz CT molecular complexity index is 1630. The molecule has 0 aliphatic heterocycles. The van der Waals surface area contributed by atoms with Crippen molar-refractivity contribution in [1.82, 2.24) is 10.2 Å². The molecule has 0 spiro atoms. The molecule has 10 heteroatoms. The van der Waals surface area contributed by atoms with Crippen LogP contribution in [-0.4, -0.2) is 51.9 Å². The van der Waals surface area contributed by atoms with E-state index < -0.39 is 28.5 Å². The second kappa shape index (κ2) is 14.3. The van der Waals surface area contributed by atoms with Gasteiger partial charge in [-0.25, -0.2) is 8.42 Å². The van der Waals surface area contributed by atoms with Crippen LogP contribution in [0.1, 0.15) is 16.7 Å². The van der Waals surface area contributed by atoms with Crippen molar-refractivity contribution in [3.05, 3.63) is 124 Å². The maximum atomic E-state index is 14.3. The third kappa shape index (κ3) is 8.03. The minimum absolute atomic E-state index is 0.0494. The van der Waals surface area contributed by atoms with Gasteiger partial charge in [0.25, 0.3) is 10.0 Å². The highest BCUT2D eigenvalue weighted by molar-refractivity contribution is 9.10. The van der Waals surface area contributed by atoms with Gasteiger partial charge in [0.1, 0.15) is 18.3 Å². The summed E-state index contributed by atoms with van der Waals surface area (Å²) in [5.74, 6) is -0.340. The van der Waals surface area contributed by atoms with Crippen LogP contribution in [0.2, 0.25) is 0 Å². The Morgan fingerprint density at radius 1 is 0.860 bits per heavy atom. The quantitative estimate of drug-likeness (QED) is 0.221. The number of benzene rings is 4. The first kappa shape index (κ1) is 31.8. The first-order chi connectivity index (χ1) is 20.6. The molecular formula is C33H34BrN3O5S. The minimum atomic E-state index is -4.17. The Balaban J connectivity index is 1.78. The van der Waals surface area contributed by atoms with E-state index in [0.29, 0.717) is 5.75 Å². The lowest BCUT2D eigenvalue weighted by atomic mass is 10.0. The molecule has 4 aromatic carbocycles. The molecule has 0 fully saturated rings. The molecule has 4 aromatic rings. The molecule has 0 saturated heterocycles. The Morgan fingerprint density at radius 3 is 2.07 bits per heavy atom. The van der Waals surface area contributed by atoms with Gasteiger partial charge < -0.3 is 15.0 Å². The van der Waals surface area contributed by atoms with Crippen LogP contribution in [0.5, 0.6) is 5.75 Å². The molecule has 1 unspecified atom stereocenters. The number of hydrogen-bond donors (Lipinski definition) is 1. The van der Waals surface area contributed by atoms with Crippen molar-refractivity contribution in [1.29, 1.82) is 0 Å². The van der Waals surface area contributed by atoms with Gasteiger partial charge in [0, 0.05) is 24.5 Å². The summed E-state index contributed by atoms with van der Waals surface area (Å²) in [5, 5.41) is 2.69. The van der Waals surface area contributed by atoms with E-state index in [1.54, 1.807) is 36.4 Å². The first-order valence-corrected chi connectivity index (χ1v) is 15.9. The third-order valence-corrected chi connectivity index (χ3v) is 9.35. The van der Waals surface area contributed by atoms with Crippen LogP contribution < -0.4 is 14.4 Å². The van der Waals surface area contributed by atoms with Crippen molar-refractivity contribution in [3.8, 4) is 5.75 Å². The maximum Gasteiger partial charge on any atom is 0.264 e. The van der Waals surface area contributed by atoms with Crippen LogP contribution in [0, 0.1) is 6.92 Å². The summed E-state index contributed by atoms with van der Waals surface area (Å²) >= 11 is 3.44. The third-order valence-electron chi connectivity index (χ3n) is 7.03. The SMILES string of the molecule is CNC(=O)C(Cc1ccccc1)N(Cc1ccc(Br)cc1)C(=O)CN(c1ccc(OC)cc1)S(=O)(=O)c1ccc(C)cc1. The summed E-state index contributed by atoms with van der Waals surface area (Å²) in [5.41, 5.74) is 2.85. The average molecular weight is 665 g/mol. The van der Waals surface area contributed by atoms with Crippen molar-refractivity contribution < 1.29 is 22.7 Å². The zero-order valence-corrected chi connectivity index (χ0v) is 26.6. The van der Waals surface area contributed by atoms with Crippen molar-refractivity contribution in [2.75, 3.05) is 25.0 Å². The predicted octanol–water partition coefficient (Wildman–Crippen LogP) is 5.35. The standard InChI is InChI=1S/C33H34BrN3O5S/c1-24-9-19-30(20-10-24)43(40,41)37(28-15-17-29(42-3)18-16-28)23-32(38)36(22-26-11-13-27(34)14-12-26)31(33(39)35-2)21-25-7-5-4-6-8-25/h4-20,31H,21-23H2,1-3H3,(H,35,39). The lowest BCUT2D eigenvalue weighted by molar-refractivity contribution is -0.139. The van der Waals surface area contributed by atoms with E-state index in [0.717, 1.165) is 25.5 Å². The molecule has 2 amide bonds. The van der Waals surface area contributed by atoms with Gasteiger partial charge in [-0.2, -0.15) is 0 Å². The molecule has 43 heavy (non-hydrogen) atoms. The van der Waals surface area contributed by atoms with Gasteiger partial charge in [-0.15, -0.1) is 0 Å². The zero-order valence-electron chi connectivity index (χ0n) is 24.2. The van der Waals surface area contributed by atoms with Gasteiger partial charge in [-0.3, -0.25) is 13.9 Å². The fourth-order valence-electron chi connectivity index (χ4n) is 4.62. The normalized spacial score (nSPS) is 11.8. The van der Waals surface area contributed by atoms with E-state index >= 15 is 0 Å². The van der Waals surface area contributed by atoms with Crippen molar-refractivity contribution in [2.24, 2.45) is 0 Å². The summed E-state index contributed by atoms with van der Waals surface area (Å²) in [6, 6.07) is 28.9. The number of nitrogens with one attached hydrogen (secondary N) is 1. The Hall–Kier alpha value is -4.15. The molecule has 4 rings (SSSR count). The lowest BCUT2D eigenvalue weighted by Crippen LogP contribution is -2.53. The smallest absolute Gasteiger partial charge is 0.264 e. The van der Waals surface area contributed by atoms with Crippen molar-refractivity contribution >= 4 is 43.5 Å². The second-order valence-corrected chi connectivity index (χ2v) is 12.8. The van der Waals surface area contributed by atoms with Gasteiger partial charge >= 0.3 is 0 Å². The number of halogens is 1. The number of likely N-dealkylation sites (N-methyl/N-ethyl adjacent to an activating group) is 1. The van der Waals surface area contributed by atoms with E-state index in [1.165, 1.54) is 31.2 Å². The molecule has 224 valence electrons. The maximum absolute atomic E-state index is 14.3. The molecule has 0 aliphatic rings. The van der Waals surface area contributed by atoms with E-state index in [4.69, 9.17) is 4.74 Å². The second-order valence-electron chi connectivity index (χ2n) is 9.99. The van der Waals surface area contributed by atoms with Crippen LogP contribution in [0.25, 0.3) is 0 Å². The van der Waals surface area contributed by atoms with E-state index in [-0.39, 0.29) is 29.5 Å². The van der Waals surface area contributed by atoms with Crippen LogP contribution in [0.15, 0.2) is 112 Å². The molecule has 8 nitrogen and oxygen atoms in total. The Morgan fingerprint density at radius 2 is 1.49 bits per heavy atom. The number of anilines is 1. The average Bonchev–Trinajstić information content (AvgIpc) is 3.02. The number of methoxy groups -OCH3 is 1. The van der Waals surface area contributed by atoms with Crippen LogP contribution in [-0.2, 0) is 32.6 Å². The molecule has 0 heterocycles. The largest absolute Gasteiger partial charge is 0.497 e. The van der Waals surface area contributed by atoms with E-state index in [1.807, 2.05) is 61.5 Å². The molecule has 0 saturated carbocycles. The molecule has 1 N–H and O–H groups in total. The number of hydrogen-bond acceptors (Lipinski definition) is 5. The monoisotopic (exact) mass is 663 g/mol. The summed E-state index contributed by atoms with van der Waals surface area (Å²) in [4.78, 5) is 29.1. The molecule has 0 aromatic heterocycles. The predicted molar refractivity (Wildman–Crippen MR) is 171 cm³/mol. The molecule has 1 atom stereocenters. The Labute approximate surface area is 261 Å². The number of nitrogens with zero attached hydrogens (tertiary/aromatic N) is 2. The van der Waals surface area contributed by atoms with Gasteiger partial charge in [-0.1, -0.05) is 76.1 Å². The summed E-state index contributed by atoms with van der Waals surface area (Å²) in [7, 11) is -1.13. The summed E-state index contributed by atoms with van der Waals surface area (Å²) < 4.78 is 35.3. The zero-order chi connectivity index (χ0) is 31.0. The van der Waals surface area contributed by atoms with Crippen molar-refractivity contribution in [3.63, 3.8) is 0 Å². The van der Waals surface area contributed by atoms with Crippen LogP contribution in [0.3, 0.4) is 0 Å².